The minimum absolute atomic E-state index is 0.163. The molecule has 1 aromatic heterocycles. The summed E-state index contributed by atoms with van der Waals surface area (Å²) in [6, 6.07) is 4.78. The number of nitrogens with zero attached hydrogens (tertiary/aromatic N) is 4. The van der Waals surface area contributed by atoms with Crippen molar-refractivity contribution in [1.82, 2.24) is 9.97 Å². The molecule has 33 heavy (non-hydrogen) atoms. The number of amidine groups is 1. The average molecular weight is 458 g/mol. The van der Waals surface area contributed by atoms with Crippen LogP contribution in [0, 0.1) is 11.2 Å². The van der Waals surface area contributed by atoms with Crippen molar-refractivity contribution in [2.75, 3.05) is 24.6 Å². The standard InChI is InChI=1S/C22H27FN6O4/c1-14(30)12-33-28-17-5-7-29(8-6-17)22-26-10-16(11-27-22)18-4-2-3-15(21(18)23)13-32-20(31)9-19(24)25/h2-4,10-11,14,30H,5-9,12-13H2,1H3,(H3,24,25). The quantitative estimate of drug-likeness (QED) is 0.224. The Labute approximate surface area is 190 Å². The van der Waals surface area contributed by atoms with E-state index in [2.05, 4.69) is 15.1 Å². The van der Waals surface area contributed by atoms with E-state index in [9.17, 15) is 14.3 Å². The number of carbonyl (C=O) groups excluding carboxylic acids is 1. The highest BCUT2D eigenvalue weighted by Gasteiger charge is 2.19. The predicted octanol–water partition coefficient (Wildman–Crippen LogP) is 2.01. The molecule has 3 rings (SSSR count). The summed E-state index contributed by atoms with van der Waals surface area (Å²) >= 11 is 0. The zero-order valence-corrected chi connectivity index (χ0v) is 18.3. The van der Waals surface area contributed by atoms with Crippen molar-refractivity contribution in [1.29, 1.82) is 5.41 Å². The Bertz CT molecular complexity index is 1000. The minimum Gasteiger partial charge on any atom is -0.460 e. The molecular formula is C22H27FN6O4. The smallest absolute Gasteiger partial charge is 0.313 e. The number of aromatic nitrogens is 2. The van der Waals surface area contributed by atoms with Crippen molar-refractivity contribution in [2.24, 2.45) is 10.9 Å². The lowest BCUT2D eigenvalue weighted by atomic mass is 10.0. The lowest BCUT2D eigenvalue weighted by Gasteiger charge is -2.27. The zero-order valence-electron chi connectivity index (χ0n) is 18.3. The topological polar surface area (TPSA) is 147 Å². The van der Waals surface area contributed by atoms with Gasteiger partial charge < -0.3 is 25.3 Å². The lowest BCUT2D eigenvalue weighted by molar-refractivity contribution is -0.143. The molecule has 1 aliphatic rings. The van der Waals surface area contributed by atoms with Gasteiger partial charge in [-0.15, -0.1) is 0 Å². The molecule has 0 amide bonds. The normalized spacial score (nSPS) is 14.5. The largest absolute Gasteiger partial charge is 0.460 e. The number of hydrogen-bond acceptors (Lipinski definition) is 9. The highest BCUT2D eigenvalue weighted by Crippen LogP contribution is 2.26. The number of benzene rings is 1. The Balaban J connectivity index is 1.61. The molecule has 10 nitrogen and oxygen atoms in total. The van der Waals surface area contributed by atoms with Crippen LogP contribution in [-0.4, -0.2) is 58.4 Å². The van der Waals surface area contributed by atoms with Gasteiger partial charge in [-0.05, 0) is 6.92 Å². The Hall–Kier alpha value is -3.60. The molecule has 4 N–H and O–H groups in total. The van der Waals surface area contributed by atoms with E-state index in [1.165, 1.54) is 6.07 Å². The third-order valence-electron chi connectivity index (χ3n) is 4.88. The van der Waals surface area contributed by atoms with Crippen LogP contribution in [0.15, 0.2) is 35.7 Å². The fraction of sp³-hybridized carbons (Fsp3) is 0.409. The summed E-state index contributed by atoms with van der Waals surface area (Å²) < 4.78 is 19.9. The first-order valence-corrected chi connectivity index (χ1v) is 10.5. The van der Waals surface area contributed by atoms with Gasteiger partial charge in [0, 0.05) is 55.0 Å². The highest BCUT2D eigenvalue weighted by atomic mass is 19.1. The summed E-state index contributed by atoms with van der Waals surface area (Å²) in [6.45, 7) is 2.88. The summed E-state index contributed by atoms with van der Waals surface area (Å²) in [5.41, 5.74) is 7.09. The van der Waals surface area contributed by atoms with E-state index in [0.29, 0.717) is 43.0 Å². The van der Waals surface area contributed by atoms with Gasteiger partial charge in [-0.1, -0.05) is 23.4 Å². The van der Waals surface area contributed by atoms with Gasteiger partial charge in [-0.2, -0.15) is 0 Å². The van der Waals surface area contributed by atoms with Crippen LogP contribution in [0.25, 0.3) is 11.1 Å². The van der Waals surface area contributed by atoms with Crippen molar-refractivity contribution >= 4 is 23.5 Å². The van der Waals surface area contributed by atoms with Gasteiger partial charge in [-0.25, -0.2) is 14.4 Å². The number of hydrogen-bond donors (Lipinski definition) is 3. The van der Waals surface area contributed by atoms with Crippen LogP contribution in [0.5, 0.6) is 0 Å². The number of ether oxygens (including phenoxy) is 1. The molecule has 1 fully saturated rings. The first kappa shape index (κ1) is 24.1. The Morgan fingerprint density at radius 3 is 2.67 bits per heavy atom. The number of aliphatic hydroxyl groups is 1. The second kappa shape index (κ2) is 11.3. The second-order valence-corrected chi connectivity index (χ2v) is 7.70. The van der Waals surface area contributed by atoms with E-state index in [-0.39, 0.29) is 31.0 Å². The van der Waals surface area contributed by atoms with Crippen LogP contribution in [0.3, 0.4) is 0 Å². The first-order chi connectivity index (χ1) is 15.8. The van der Waals surface area contributed by atoms with Crippen molar-refractivity contribution in [3.05, 3.63) is 42.0 Å². The summed E-state index contributed by atoms with van der Waals surface area (Å²) in [7, 11) is 0. The molecule has 0 aliphatic carbocycles. The van der Waals surface area contributed by atoms with Crippen LogP contribution in [0.4, 0.5) is 10.3 Å². The molecule has 1 unspecified atom stereocenters. The van der Waals surface area contributed by atoms with Crippen molar-refractivity contribution in [3.8, 4) is 11.1 Å². The van der Waals surface area contributed by atoms with Gasteiger partial charge >= 0.3 is 5.97 Å². The van der Waals surface area contributed by atoms with Gasteiger partial charge in [0.25, 0.3) is 0 Å². The number of nitrogens with one attached hydrogen (secondary N) is 1. The second-order valence-electron chi connectivity index (χ2n) is 7.70. The van der Waals surface area contributed by atoms with Crippen LogP contribution >= 0.6 is 0 Å². The number of esters is 1. The van der Waals surface area contributed by atoms with Crippen molar-refractivity contribution < 1.29 is 23.9 Å². The number of oxime groups is 1. The number of nitrogens with two attached hydrogens (primary N) is 1. The van der Waals surface area contributed by atoms with Crippen LogP contribution in [-0.2, 0) is 21.0 Å². The van der Waals surface area contributed by atoms with E-state index in [1.807, 2.05) is 4.90 Å². The van der Waals surface area contributed by atoms with Crippen LogP contribution in [0.2, 0.25) is 0 Å². The zero-order chi connectivity index (χ0) is 23.8. The Morgan fingerprint density at radius 2 is 2.03 bits per heavy atom. The molecule has 1 aromatic carbocycles. The van der Waals surface area contributed by atoms with Crippen LogP contribution in [0.1, 0.15) is 31.7 Å². The number of carbonyl (C=O) groups is 1. The molecule has 1 atom stereocenters. The number of aliphatic hydroxyl groups excluding tert-OH is 1. The van der Waals surface area contributed by atoms with E-state index in [0.717, 1.165) is 5.71 Å². The SMILES string of the molecule is CC(O)CON=C1CCN(c2ncc(-c3cccc(COC(=O)CC(=N)N)c3F)cn2)CC1. The van der Waals surface area contributed by atoms with Gasteiger partial charge in [0.2, 0.25) is 5.95 Å². The summed E-state index contributed by atoms with van der Waals surface area (Å²) in [5.74, 6) is -0.990. The summed E-state index contributed by atoms with van der Waals surface area (Å²) in [4.78, 5) is 27.5. The van der Waals surface area contributed by atoms with Crippen molar-refractivity contribution in [3.63, 3.8) is 0 Å². The molecule has 0 bridgehead atoms. The summed E-state index contributed by atoms with van der Waals surface area (Å²) in [5, 5.41) is 20.4. The average Bonchev–Trinajstić information content (AvgIpc) is 2.78. The van der Waals surface area contributed by atoms with E-state index < -0.39 is 17.9 Å². The number of rotatable bonds is 9. The molecule has 0 radical (unpaired) electrons. The minimum atomic E-state index is -0.691. The highest BCUT2D eigenvalue weighted by molar-refractivity contribution is 5.94. The maximum atomic E-state index is 15.0. The molecule has 11 heteroatoms. The number of anilines is 1. The molecule has 2 aromatic rings. The third kappa shape index (κ3) is 6.94. The molecule has 1 saturated heterocycles. The molecule has 176 valence electrons. The van der Waals surface area contributed by atoms with E-state index >= 15 is 0 Å². The third-order valence-corrected chi connectivity index (χ3v) is 4.88. The first-order valence-electron chi connectivity index (χ1n) is 10.5. The Kier molecular flexibility index (Phi) is 8.25. The van der Waals surface area contributed by atoms with E-state index in [1.54, 1.807) is 31.5 Å². The van der Waals surface area contributed by atoms with E-state index in [4.69, 9.17) is 20.7 Å². The predicted molar refractivity (Wildman–Crippen MR) is 120 cm³/mol. The maximum Gasteiger partial charge on any atom is 0.313 e. The van der Waals surface area contributed by atoms with Gasteiger partial charge in [0.1, 0.15) is 31.3 Å². The van der Waals surface area contributed by atoms with Crippen LogP contribution < -0.4 is 10.6 Å². The Morgan fingerprint density at radius 1 is 1.33 bits per heavy atom. The molecule has 0 saturated carbocycles. The molecular weight excluding hydrogens is 431 g/mol. The van der Waals surface area contributed by atoms with Gasteiger partial charge in [-0.3, -0.25) is 10.2 Å². The molecule has 2 heterocycles. The molecule has 1 aliphatic heterocycles. The van der Waals surface area contributed by atoms with Gasteiger partial charge in [0.15, 0.2) is 0 Å². The number of halogens is 1. The fourth-order valence-electron chi connectivity index (χ4n) is 3.20. The summed E-state index contributed by atoms with van der Waals surface area (Å²) in [6.07, 6.45) is 3.61. The van der Waals surface area contributed by atoms with Crippen molar-refractivity contribution in [2.45, 2.75) is 38.9 Å². The maximum absolute atomic E-state index is 15.0. The van der Waals surface area contributed by atoms with Gasteiger partial charge in [0.05, 0.1) is 11.8 Å². The fourth-order valence-corrected chi connectivity index (χ4v) is 3.20. The number of piperidine rings is 1. The lowest BCUT2D eigenvalue weighted by Crippen LogP contribution is -2.35. The monoisotopic (exact) mass is 458 g/mol. The molecule has 0 spiro atoms.